The van der Waals surface area contributed by atoms with Crippen LogP contribution < -0.4 is 10.6 Å². The molecule has 0 bridgehead atoms. The fraction of sp³-hybridized carbons (Fsp3) is 0.400. The number of hydrogen-bond acceptors (Lipinski definition) is 5. The monoisotopic (exact) mass is 270 g/mol. The second-order valence-electron chi connectivity index (χ2n) is 3.96. The van der Waals surface area contributed by atoms with Gasteiger partial charge >= 0.3 is 5.69 Å². The molecular formula is C10H11ClN4O3. The van der Waals surface area contributed by atoms with Gasteiger partial charge in [0.25, 0.3) is 0 Å². The predicted octanol–water partition coefficient (Wildman–Crippen LogP) is 1.33. The molecular weight excluding hydrogens is 260 g/mol. The van der Waals surface area contributed by atoms with Crippen molar-refractivity contribution in [3.63, 3.8) is 0 Å². The molecule has 0 aliphatic carbocycles. The normalized spacial score (nSPS) is 19.2. The molecule has 0 spiro atoms. The van der Waals surface area contributed by atoms with Gasteiger partial charge in [-0.2, -0.15) is 0 Å². The van der Waals surface area contributed by atoms with Crippen LogP contribution in [-0.4, -0.2) is 28.4 Å². The first kappa shape index (κ1) is 12.6. The Bertz CT molecular complexity index is 484. The Morgan fingerprint density at radius 1 is 1.61 bits per heavy atom. The number of nitro groups is 1. The van der Waals surface area contributed by atoms with E-state index in [1.807, 2.05) is 0 Å². The van der Waals surface area contributed by atoms with Crippen LogP contribution in [0.3, 0.4) is 0 Å². The highest BCUT2D eigenvalue weighted by atomic mass is 35.5. The summed E-state index contributed by atoms with van der Waals surface area (Å²) in [6.45, 7) is 0.431. The van der Waals surface area contributed by atoms with Gasteiger partial charge in [-0.3, -0.25) is 14.9 Å². The van der Waals surface area contributed by atoms with Gasteiger partial charge in [0.15, 0.2) is 0 Å². The maximum Gasteiger partial charge on any atom is 0.312 e. The van der Waals surface area contributed by atoms with Crippen LogP contribution in [0.5, 0.6) is 0 Å². The van der Waals surface area contributed by atoms with Crippen LogP contribution in [0.4, 0.5) is 11.5 Å². The first-order chi connectivity index (χ1) is 8.56. The summed E-state index contributed by atoms with van der Waals surface area (Å²) in [5, 5.41) is 16.7. The largest absolute Gasteiger partial charge is 0.360 e. The van der Waals surface area contributed by atoms with Crippen molar-refractivity contribution < 1.29 is 9.72 Å². The zero-order valence-electron chi connectivity index (χ0n) is 9.35. The molecule has 2 N–H and O–H groups in total. The van der Waals surface area contributed by atoms with Gasteiger partial charge in [0.05, 0.1) is 9.95 Å². The molecule has 7 nitrogen and oxygen atoms in total. The van der Waals surface area contributed by atoms with E-state index in [0.29, 0.717) is 19.4 Å². The van der Waals surface area contributed by atoms with Crippen molar-refractivity contribution >= 4 is 29.0 Å². The number of carbonyl (C=O) groups is 1. The Hall–Kier alpha value is -1.89. The minimum Gasteiger partial charge on any atom is -0.360 e. The summed E-state index contributed by atoms with van der Waals surface area (Å²) in [5.41, 5.74) is -0.167. The number of pyridine rings is 1. The van der Waals surface area contributed by atoms with Gasteiger partial charge in [0.2, 0.25) is 11.7 Å². The molecule has 1 atom stereocenters. The zero-order chi connectivity index (χ0) is 13.1. The number of halogens is 1. The summed E-state index contributed by atoms with van der Waals surface area (Å²) < 4.78 is 0. The number of anilines is 1. The maximum atomic E-state index is 11.0. The molecule has 1 amide bonds. The first-order valence-electron chi connectivity index (χ1n) is 5.39. The Morgan fingerprint density at radius 3 is 3.00 bits per heavy atom. The summed E-state index contributed by atoms with van der Waals surface area (Å²) >= 11 is 5.67. The van der Waals surface area contributed by atoms with Crippen molar-refractivity contribution in [3.05, 3.63) is 27.4 Å². The number of carbonyl (C=O) groups excluding carboxylic acids is 1. The number of nitrogens with one attached hydrogen (secondary N) is 2. The molecule has 2 rings (SSSR count). The standard InChI is InChI=1S/C10H11ClN4O3/c11-6-3-8(15(17)18)10(13-4-6)14-7-1-2-9(16)12-5-7/h3-4,7H,1-2,5H2,(H,12,16)(H,13,14). The third-order valence-corrected chi connectivity index (χ3v) is 2.84. The van der Waals surface area contributed by atoms with Gasteiger partial charge in [-0.1, -0.05) is 11.6 Å². The van der Waals surface area contributed by atoms with Crippen LogP contribution in [0, 0.1) is 10.1 Å². The van der Waals surface area contributed by atoms with Gasteiger partial charge in [-0.05, 0) is 6.42 Å². The molecule has 8 heteroatoms. The molecule has 1 saturated heterocycles. The number of hydrogen-bond donors (Lipinski definition) is 2. The molecule has 2 heterocycles. The lowest BCUT2D eigenvalue weighted by Gasteiger charge is -2.23. The highest BCUT2D eigenvalue weighted by Gasteiger charge is 2.22. The number of piperidine rings is 1. The molecule has 0 aromatic carbocycles. The van der Waals surface area contributed by atoms with E-state index in [4.69, 9.17) is 11.6 Å². The van der Waals surface area contributed by atoms with Crippen LogP contribution in [0.2, 0.25) is 5.02 Å². The van der Waals surface area contributed by atoms with E-state index < -0.39 is 4.92 Å². The van der Waals surface area contributed by atoms with Crippen LogP contribution in [0.25, 0.3) is 0 Å². The third kappa shape index (κ3) is 2.86. The van der Waals surface area contributed by atoms with Gasteiger partial charge in [0, 0.05) is 31.3 Å². The van der Waals surface area contributed by atoms with Gasteiger partial charge in [-0.15, -0.1) is 0 Å². The van der Waals surface area contributed by atoms with E-state index in [9.17, 15) is 14.9 Å². The SMILES string of the molecule is O=C1CCC(Nc2ncc(Cl)cc2[N+](=O)[O-])CN1. The summed E-state index contributed by atoms with van der Waals surface area (Å²) in [6, 6.07) is 1.19. The van der Waals surface area contributed by atoms with Gasteiger partial charge < -0.3 is 10.6 Å². The quantitative estimate of drug-likeness (QED) is 0.638. The average Bonchev–Trinajstić information content (AvgIpc) is 2.34. The van der Waals surface area contributed by atoms with Gasteiger partial charge in [0.1, 0.15) is 0 Å². The number of amides is 1. The molecule has 18 heavy (non-hydrogen) atoms. The van der Waals surface area contributed by atoms with Crippen molar-refractivity contribution in [2.24, 2.45) is 0 Å². The number of rotatable bonds is 3. The first-order valence-corrected chi connectivity index (χ1v) is 5.77. The molecule has 0 radical (unpaired) electrons. The van der Waals surface area contributed by atoms with E-state index in [2.05, 4.69) is 15.6 Å². The molecule has 96 valence electrons. The lowest BCUT2D eigenvalue weighted by molar-refractivity contribution is -0.384. The predicted molar refractivity (Wildman–Crippen MR) is 65.6 cm³/mol. The van der Waals surface area contributed by atoms with E-state index in [0.717, 1.165) is 0 Å². The zero-order valence-corrected chi connectivity index (χ0v) is 10.1. The van der Waals surface area contributed by atoms with Gasteiger partial charge in [-0.25, -0.2) is 4.98 Å². The minimum absolute atomic E-state index is 0.00776. The summed E-state index contributed by atoms with van der Waals surface area (Å²) in [6.07, 6.45) is 2.37. The van der Waals surface area contributed by atoms with E-state index >= 15 is 0 Å². The third-order valence-electron chi connectivity index (χ3n) is 2.64. The van der Waals surface area contributed by atoms with Crippen molar-refractivity contribution in [2.45, 2.75) is 18.9 Å². The fourth-order valence-corrected chi connectivity index (χ4v) is 1.88. The van der Waals surface area contributed by atoms with Crippen molar-refractivity contribution in [3.8, 4) is 0 Å². The van der Waals surface area contributed by atoms with Crippen molar-refractivity contribution in [1.29, 1.82) is 0 Å². The van der Waals surface area contributed by atoms with Crippen LogP contribution in [0.15, 0.2) is 12.3 Å². The Labute approximate surface area is 108 Å². The molecule has 1 fully saturated rings. The smallest absolute Gasteiger partial charge is 0.312 e. The van der Waals surface area contributed by atoms with Crippen molar-refractivity contribution in [2.75, 3.05) is 11.9 Å². The fourth-order valence-electron chi connectivity index (χ4n) is 1.73. The molecule has 0 saturated carbocycles. The number of nitrogens with zero attached hydrogens (tertiary/aromatic N) is 2. The van der Waals surface area contributed by atoms with Crippen LogP contribution in [-0.2, 0) is 4.79 Å². The number of aromatic nitrogens is 1. The maximum absolute atomic E-state index is 11.0. The summed E-state index contributed by atoms with van der Waals surface area (Å²) in [4.78, 5) is 25.2. The average molecular weight is 271 g/mol. The van der Waals surface area contributed by atoms with E-state index in [1.54, 1.807) is 0 Å². The molecule has 1 aliphatic rings. The van der Waals surface area contributed by atoms with E-state index in [-0.39, 0.29) is 28.5 Å². The summed E-state index contributed by atoms with van der Waals surface area (Å²) in [5.74, 6) is 0.164. The molecule has 1 aromatic heterocycles. The van der Waals surface area contributed by atoms with E-state index in [1.165, 1.54) is 12.3 Å². The van der Waals surface area contributed by atoms with Crippen LogP contribution >= 0.6 is 11.6 Å². The topological polar surface area (TPSA) is 97.2 Å². The molecule has 1 aromatic rings. The van der Waals surface area contributed by atoms with Crippen LogP contribution in [0.1, 0.15) is 12.8 Å². The highest BCUT2D eigenvalue weighted by molar-refractivity contribution is 6.30. The summed E-state index contributed by atoms with van der Waals surface area (Å²) in [7, 11) is 0. The van der Waals surface area contributed by atoms with Crippen molar-refractivity contribution in [1.82, 2.24) is 10.3 Å². The lowest BCUT2D eigenvalue weighted by atomic mass is 10.1. The molecule has 1 aliphatic heterocycles. The minimum atomic E-state index is -0.539. The second-order valence-corrected chi connectivity index (χ2v) is 4.40. The highest BCUT2D eigenvalue weighted by Crippen LogP contribution is 2.26. The Morgan fingerprint density at radius 2 is 2.39 bits per heavy atom. The Balaban J connectivity index is 2.13. The lowest BCUT2D eigenvalue weighted by Crippen LogP contribution is -2.42. The second kappa shape index (κ2) is 5.18. The molecule has 1 unspecified atom stereocenters. The Kier molecular flexibility index (Phi) is 3.61.